The maximum atomic E-state index is 5.48. The number of ether oxygens (including phenoxy) is 2. The zero-order valence-corrected chi connectivity index (χ0v) is 31.2. The van der Waals surface area contributed by atoms with Crippen LogP contribution in [-0.2, 0) is 16.6 Å². The molecule has 0 amide bonds. The van der Waals surface area contributed by atoms with Crippen LogP contribution in [0.15, 0.2) is 96.1 Å². The summed E-state index contributed by atoms with van der Waals surface area (Å²) in [4.78, 5) is 0. The molecular weight excluding hydrogens is 655 g/mol. The zero-order valence-electron chi connectivity index (χ0n) is 28.1. The van der Waals surface area contributed by atoms with Crippen molar-refractivity contribution in [2.45, 2.75) is 70.3 Å². The topological polar surface area (TPSA) is 18.5 Å². The molecule has 0 saturated carbocycles. The Morgan fingerprint density at radius 3 is 1.32 bits per heavy atom. The molecule has 0 radical (unpaired) electrons. The zero-order chi connectivity index (χ0) is 31.0. The van der Waals surface area contributed by atoms with Gasteiger partial charge in [-0.2, -0.15) is 0 Å². The van der Waals surface area contributed by atoms with Gasteiger partial charge in [-0.3, -0.25) is 0 Å². The monoisotopic (exact) mass is 700 g/mol. The van der Waals surface area contributed by atoms with Gasteiger partial charge in [-0.05, 0) is 0 Å². The minimum absolute atomic E-state index is 0. The molecule has 244 valence electrons. The second-order valence-corrected chi connectivity index (χ2v) is 20.5. The molecule has 1 aliphatic heterocycles. The van der Waals surface area contributed by atoms with Crippen LogP contribution in [0.5, 0.6) is 11.5 Å². The summed E-state index contributed by atoms with van der Waals surface area (Å²) >= 11 is -2.47. The molecular formula is C42H46Cl2O2Ti. The normalized spacial score (nSPS) is 17.5. The quantitative estimate of drug-likeness (QED) is 0.169. The Balaban J connectivity index is 0.00000217. The largest absolute Gasteiger partial charge is 1.00 e. The van der Waals surface area contributed by atoms with Crippen LogP contribution in [0, 0.1) is 0 Å². The Labute approximate surface area is 297 Å². The smallest absolute Gasteiger partial charge is 1.00 e. The van der Waals surface area contributed by atoms with Crippen molar-refractivity contribution in [2.75, 3.05) is 14.2 Å². The van der Waals surface area contributed by atoms with Crippen LogP contribution in [0.2, 0.25) is 9.45 Å². The van der Waals surface area contributed by atoms with Gasteiger partial charge in [0.05, 0.1) is 0 Å². The average Bonchev–Trinajstić information content (AvgIpc) is 3.63. The summed E-state index contributed by atoms with van der Waals surface area (Å²) in [5.74, 6) is 1.83. The Hall–Kier alpha value is -2.75. The fourth-order valence-corrected chi connectivity index (χ4v) is 18.8. The summed E-state index contributed by atoms with van der Waals surface area (Å²) in [6, 6.07) is 31.6. The summed E-state index contributed by atoms with van der Waals surface area (Å²) in [6.45, 7) is 4.68. The minimum atomic E-state index is -2.47. The standard InChI is InChI=1S/2C20H21O.C2H4.2ClH.Ti/c2*1-3-4-6-15-13-17-7-5-8-19(20(17)14-15)16-9-11-18(21-2)12-10-16;1-2;;;/h2*5,7-14H,3-4,6H2,1-2H3;1-2H2;2*1H;/q;;;;;+2/p-2. The molecule has 0 aromatic heterocycles. The number of rotatable bonds is 12. The van der Waals surface area contributed by atoms with Crippen LogP contribution < -0.4 is 34.3 Å². The Kier molecular flexibility index (Phi) is 11.5. The van der Waals surface area contributed by atoms with E-state index in [1.807, 2.05) is 0 Å². The fourth-order valence-electron chi connectivity index (χ4n) is 8.41. The third kappa shape index (κ3) is 6.52. The molecule has 1 heterocycles. The van der Waals surface area contributed by atoms with E-state index in [-0.39, 0.29) is 24.8 Å². The molecule has 5 heteroatoms. The van der Waals surface area contributed by atoms with Gasteiger partial charge in [-0.15, -0.1) is 0 Å². The number of hydrogen-bond donors (Lipinski definition) is 0. The number of allylic oxidation sites excluding steroid dienone is 2. The van der Waals surface area contributed by atoms with Gasteiger partial charge in [-0.25, -0.2) is 0 Å². The van der Waals surface area contributed by atoms with E-state index < -0.39 is 16.6 Å². The molecule has 3 aliphatic rings. The molecule has 0 spiro atoms. The van der Waals surface area contributed by atoms with E-state index in [0.29, 0.717) is 8.45 Å². The molecule has 1 fully saturated rings. The number of hydrogen-bond acceptors (Lipinski definition) is 2. The van der Waals surface area contributed by atoms with Crippen molar-refractivity contribution >= 4 is 12.2 Å². The minimum Gasteiger partial charge on any atom is -1.00 e. The molecule has 47 heavy (non-hydrogen) atoms. The fraction of sp³-hybridized carbons (Fsp3) is 0.333. The number of halogens is 2. The van der Waals surface area contributed by atoms with E-state index in [2.05, 4.69) is 111 Å². The van der Waals surface area contributed by atoms with Gasteiger partial charge in [0.1, 0.15) is 0 Å². The first-order valence-electron chi connectivity index (χ1n) is 17.1. The van der Waals surface area contributed by atoms with Crippen LogP contribution in [0.4, 0.5) is 0 Å². The number of methoxy groups -OCH3 is 2. The van der Waals surface area contributed by atoms with Gasteiger partial charge in [0.25, 0.3) is 0 Å². The van der Waals surface area contributed by atoms with E-state index in [0.717, 1.165) is 11.5 Å². The molecule has 2 aliphatic carbocycles. The van der Waals surface area contributed by atoms with Crippen molar-refractivity contribution in [1.82, 2.24) is 0 Å². The molecule has 4 aromatic rings. The van der Waals surface area contributed by atoms with Gasteiger partial charge in [-0.1, -0.05) is 0 Å². The summed E-state index contributed by atoms with van der Waals surface area (Å²) < 4.78 is 15.2. The van der Waals surface area contributed by atoms with Crippen LogP contribution in [-0.4, -0.2) is 14.2 Å². The van der Waals surface area contributed by atoms with Crippen LogP contribution in [0.25, 0.3) is 34.4 Å². The van der Waals surface area contributed by atoms with Gasteiger partial charge < -0.3 is 24.8 Å². The third-order valence-corrected chi connectivity index (χ3v) is 19.0. The molecule has 1 saturated heterocycles. The van der Waals surface area contributed by atoms with Crippen LogP contribution >= 0.6 is 0 Å². The van der Waals surface area contributed by atoms with Gasteiger partial charge in [0.2, 0.25) is 0 Å². The second kappa shape index (κ2) is 15.2. The number of unbranched alkanes of at least 4 members (excludes halogenated alkanes) is 2. The van der Waals surface area contributed by atoms with E-state index in [1.54, 1.807) is 36.5 Å². The molecule has 4 aromatic carbocycles. The predicted molar refractivity (Wildman–Crippen MR) is 187 cm³/mol. The third-order valence-electron chi connectivity index (χ3n) is 10.7. The predicted octanol–water partition coefficient (Wildman–Crippen LogP) is 6.01. The van der Waals surface area contributed by atoms with Gasteiger partial charge in [0, 0.05) is 0 Å². The Morgan fingerprint density at radius 2 is 0.979 bits per heavy atom. The summed E-state index contributed by atoms with van der Waals surface area (Å²) in [7, 11) is 3.49. The van der Waals surface area contributed by atoms with E-state index in [9.17, 15) is 0 Å². The average molecular weight is 702 g/mol. The van der Waals surface area contributed by atoms with Crippen molar-refractivity contribution in [2.24, 2.45) is 0 Å². The first kappa shape index (κ1) is 35.6. The molecule has 2 atom stereocenters. The Morgan fingerprint density at radius 1 is 0.574 bits per heavy atom. The van der Waals surface area contributed by atoms with Crippen LogP contribution in [0.3, 0.4) is 0 Å². The Bertz CT molecular complexity index is 1630. The SMILES string of the molecule is CCCCC1=Cc2c(-c3ccc(OC)cc3)cccc2[CH]1[Ti+2]1([CH]2C(CCCC)=Cc3c(-c4ccc(OC)cc4)cccc32)[CH2][CH2]1.[Cl-].[Cl-]. The maximum absolute atomic E-state index is 5.48. The molecule has 0 N–H and O–H groups in total. The van der Waals surface area contributed by atoms with Crippen molar-refractivity contribution in [3.63, 3.8) is 0 Å². The number of fused-ring (bicyclic) bond motifs is 2. The summed E-state index contributed by atoms with van der Waals surface area (Å²) in [5, 5.41) is 0. The first-order valence-corrected chi connectivity index (χ1v) is 21.1. The van der Waals surface area contributed by atoms with Crippen molar-refractivity contribution < 1.29 is 50.9 Å². The van der Waals surface area contributed by atoms with Crippen LogP contribution in [0.1, 0.15) is 83.1 Å². The second-order valence-electron chi connectivity index (χ2n) is 13.3. The number of benzene rings is 4. The van der Waals surface area contributed by atoms with Gasteiger partial charge >= 0.3 is 275 Å². The van der Waals surface area contributed by atoms with E-state index in [1.165, 1.54) is 81.4 Å². The van der Waals surface area contributed by atoms with Crippen molar-refractivity contribution in [3.05, 3.63) is 118 Å². The van der Waals surface area contributed by atoms with E-state index >= 15 is 0 Å². The summed E-state index contributed by atoms with van der Waals surface area (Å²) in [6.07, 6.45) is 12.8. The van der Waals surface area contributed by atoms with E-state index in [4.69, 9.17) is 9.47 Å². The molecule has 0 bridgehead atoms. The van der Waals surface area contributed by atoms with Crippen molar-refractivity contribution in [1.29, 1.82) is 0 Å². The molecule has 2 unspecified atom stereocenters. The first-order chi connectivity index (χ1) is 22.1. The summed E-state index contributed by atoms with van der Waals surface area (Å²) in [5.41, 5.74) is 15.0. The van der Waals surface area contributed by atoms with Gasteiger partial charge in [0.15, 0.2) is 0 Å². The molecule has 2 nitrogen and oxygen atoms in total. The molecule has 7 rings (SSSR count). The van der Waals surface area contributed by atoms with Crippen molar-refractivity contribution in [3.8, 4) is 33.8 Å². The maximum Gasteiger partial charge on any atom is -1.00 e.